The van der Waals surface area contributed by atoms with Gasteiger partial charge in [0.2, 0.25) is 0 Å². The number of rotatable bonds is 2. The molecule has 1 aromatic carbocycles. The second-order valence-corrected chi connectivity index (χ2v) is 4.01. The lowest BCUT2D eigenvalue weighted by atomic mass is 10.1. The van der Waals surface area contributed by atoms with E-state index in [-0.39, 0.29) is 6.04 Å². The van der Waals surface area contributed by atoms with Crippen molar-refractivity contribution in [2.45, 2.75) is 26.8 Å². The van der Waals surface area contributed by atoms with Gasteiger partial charge >= 0.3 is 0 Å². The Morgan fingerprint density at radius 3 is 2.73 bits per heavy atom. The zero-order valence-electron chi connectivity index (χ0n) is 9.19. The molecule has 2 rings (SSSR count). The van der Waals surface area contributed by atoms with E-state index in [2.05, 4.69) is 18.9 Å². The first-order valence-electron chi connectivity index (χ1n) is 5.08. The third kappa shape index (κ3) is 1.44. The molecule has 0 bridgehead atoms. The molecule has 0 radical (unpaired) electrons. The summed E-state index contributed by atoms with van der Waals surface area (Å²) in [6.07, 6.45) is 0.828. The van der Waals surface area contributed by atoms with E-state index in [1.54, 1.807) is 0 Å². The van der Waals surface area contributed by atoms with Gasteiger partial charge in [-0.3, -0.25) is 9.48 Å². The molecule has 0 unspecified atom stereocenters. The Kier molecular flexibility index (Phi) is 2.31. The summed E-state index contributed by atoms with van der Waals surface area (Å²) in [6.45, 7) is 6.12. The van der Waals surface area contributed by atoms with E-state index in [1.165, 1.54) is 0 Å². The molecule has 1 aromatic heterocycles. The van der Waals surface area contributed by atoms with E-state index in [0.717, 1.165) is 22.8 Å². The maximum absolute atomic E-state index is 10.9. The smallest absolute Gasteiger partial charge is 0.170 e. The number of aromatic nitrogens is 2. The zero-order chi connectivity index (χ0) is 11.0. The largest absolute Gasteiger partial charge is 0.296 e. The quantitative estimate of drug-likeness (QED) is 0.702. The highest BCUT2D eigenvalue weighted by atomic mass is 16.1. The average Bonchev–Trinajstić information content (AvgIpc) is 2.58. The van der Waals surface area contributed by atoms with E-state index in [1.807, 2.05) is 29.8 Å². The molecule has 0 aliphatic rings. The molecule has 78 valence electrons. The summed E-state index contributed by atoms with van der Waals surface area (Å²) >= 11 is 0. The molecule has 0 saturated heterocycles. The lowest BCUT2D eigenvalue weighted by Gasteiger charge is -2.06. The summed E-state index contributed by atoms with van der Waals surface area (Å²) in [5.41, 5.74) is 2.67. The second-order valence-electron chi connectivity index (χ2n) is 4.01. The molecular formula is C12H14N2O. The number of fused-ring (bicyclic) bond motifs is 1. The van der Waals surface area contributed by atoms with Crippen LogP contribution >= 0.6 is 0 Å². The van der Waals surface area contributed by atoms with E-state index in [4.69, 9.17) is 0 Å². The van der Waals surface area contributed by atoms with Crippen molar-refractivity contribution in [2.24, 2.45) is 0 Å². The van der Waals surface area contributed by atoms with Gasteiger partial charge in [0.1, 0.15) is 5.69 Å². The van der Waals surface area contributed by atoms with Crippen LogP contribution in [0.1, 0.15) is 35.9 Å². The van der Waals surface area contributed by atoms with Gasteiger partial charge in [0.25, 0.3) is 0 Å². The van der Waals surface area contributed by atoms with Gasteiger partial charge in [-0.15, -0.1) is 0 Å². The van der Waals surface area contributed by atoms with Crippen LogP contribution < -0.4 is 0 Å². The van der Waals surface area contributed by atoms with Crippen LogP contribution in [-0.4, -0.2) is 16.1 Å². The molecule has 0 spiro atoms. The van der Waals surface area contributed by atoms with Gasteiger partial charge in [-0.2, -0.15) is 5.10 Å². The van der Waals surface area contributed by atoms with Gasteiger partial charge in [-0.1, -0.05) is 12.1 Å². The lowest BCUT2D eigenvalue weighted by Crippen LogP contribution is -2.02. The first kappa shape index (κ1) is 9.90. The van der Waals surface area contributed by atoms with E-state index >= 15 is 0 Å². The number of hydrogen-bond donors (Lipinski definition) is 0. The molecule has 0 N–H and O–H groups in total. The molecule has 0 aliphatic heterocycles. The van der Waals surface area contributed by atoms with Crippen LogP contribution in [0.4, 0.5) is 0 Å². The van der Waals surface area contributed by atoms with Crippen LogP contribution in [0.15, 0.2) is 18.2 Å². The SMILES string of the molecule is Cc1cccc2c1c(C=O)nn2C(C)C. The zero-order valence-corrected chi connectivity index (χ0v) is 9.19. The van der Waals surface area contributed by atoms with Crippen molar-refractivity contribution in [1.82, 2.24) is 9.78 Å². The summed E-state index contributed by atoms with van der Waals surface area (Å²) in [5.74, 6) is 0. The minimum absolute atomic E-state index is 0.267. The highest BCUT2D eigenvalue weighted by Gasteiger charge is 2.12. The van der Waals surface area contributed by atoms with Crippen molar-refractivity contribution in [3.63, 3.8) is 0 Å². The van der Waals surface area contributed by atoms with Crippen LogP contribution in [0.2, 0.25) is 0 Å². The van der Waals surface area contributed by atoms with Crippen molar-refractivity contribution in [1.29, 1.82) is 0 Å². The highest BCUT2D eigenvalue weighted by Crippen LogP contribution is 2.23. The number of hydrogen-bond acceptors (Lipinski definition) is 2. The topological polar surface area (TPSA) is 34.9 Å². The fourth-order valence-electron chi connectivity index (χ4n) is 1.87. The normalized spacial score (nSPS) is 11.2. The molecular weight excluding hydrogens is 188 g/mol. The van der Waals surface area contributed by atoms with Crippen molar-refractivity contribution in [3.8, 4) is 0 Å². The number of aldehydes is 1. The Morgan fingerprint density at radius 2 is 2.13 bits per heavy atom. The van der Waals surface area contributed by atoms with Gasteiger partial charge in [0.05, 0.1) is 5.52 Å². The summed E-state index contributed by atoms with van der Waals surface area (Å²) in [4.78, 5) is 10.9. The fraction of sp³-hybridized carbons (Fsp3) is 0.333. The summed E-state index contributed by atoms with van der Waals surface area (Å²) in [6, 6.07) is 6.26. The van der Waals surface area contributed by atoms with Crippen LogP contribution in [0.3, 0.4) is 0 Å². The molecule has 15 heavy (non-hydrogen) atoms. The molecule has 0 fully saturated rings. The molecule has 0 saturated carbocycles. The van der Waals surface area contributed by atoms with Gasteiger partial charge in [-0.05, 0) is 32.4 Å². The number of carbonyl (C=O) groups is 1. The van der Waals surface area contributed by atoms with Gasteiger partial charge in [0.15, 0.2) is 6.29 Å². The van der Waals surface area contributed by atoms with Crippen LogP contribution in [0.5, 0.6) is 0 Å². The molecule has 2 aromatic rings. The fourth-order valence-corrected chi connectivity index (χ4v) is 1.87. The average molecular weight is 202 g/mol. The Hall–Kier alpha value is -1.64. The molecule has 3 heteroatoms. The minimum Gasteiger partial charge on any atom is -0.296 e. The van der Waals surface area contributed by atoms with Gasteiger partial charge in [-0.25, -0.2) is 0 Å². The number of nitrogens with zero attached hydrogens (tertiary/aromatic N) is 2. The Bertz CT molecular complexity index is 512. The maximum atomic E-state index is 10.9. The van der Waals surface area contributed by atoms with Crippen molar-refractivity contribution in [3.05, 3.63) is 29.5 Å². The molecule has 1 heterocycles. The minimum atomic E-state index is 0.267. The summed E-state index contributed by atoms with van der Waals surface area (Å²) in [7, 11) is 0. The standard InChI is InChI=1S/C12H14N2O/c1-8(2)14-11-6-4-5-9(3)12(11)10(7-15)13-14/h4-8H,1-3H3. The Balaban J connectivity index is 2.87. The third-order valence-electron chi connectivity index (χ3n) is 2.57. The third-order valence-corrected chi connectivity index (χ3v) is 2.57. The van der Waals surface area contributed by atoms with Crippen molar-refractivity contribution >= 4 is 17.2 Å². The van der Waals surface area contributed by atoms with Gasteiger partial charge < -0.3 is 0 Å². The number of carbonyl (C=O) groups excluding carboxylic acids is 1. The maximum Gasteiger partial charge on any atom is 0.170 e. The van der Waals surface area contributed by atoms with E-state index in [0.29, 0.717) is 5.69 Å². The Labute approximate surface area is 88.7 Å². The van der Waals surface area contributed by atoms with Crippen molar-refractivity contribution in [2.75, 3.05) is 0 Å². The first-order valence-corrected chi connectivity index (χ1v) is 5.08. The summed E-state index contributed by atoms with van der Waals surface area (Å²) < 4.78 is 1.89. The predicted molar refractivity (Wildman–Crippen MR) is 60.2 cm³/mol. The molecule has 3 nitrogen and oxygen atoms in total. The second kappa shape index (κ2) is 3.50. The molecule has 0 atom stereocenters. The predicted octanol–water partition coefficient (Wildman–Crippen LogP) is 2.74. The number of aryl methyl sites for hydroxylation is 1. The van der Waals surface area contributed by atoms with E-state index in [9.17, 15) is 4.79 Å². The molecule has 0 aliphatic carbocycles. The Morgan fingerprint density at radius 1 is 1.40 bits per heavy atom. The van der Waals surface area contributed by atoms with Crippen molar-refractivity contribution < 1.29 is 4.79 Å². The summed E-state index contributed by atoms with van der Waals surface area (Å²) in [5, 5.41) is 5.29. The van der Waals surface area contributed by atoms with E-state index < -0.39 is 0 Å². The molecule has 0 amide bonds. The van der Waals surface area contributed by atoms with Crippen LogP contribution in [-0.2, 0) is 0 Å². The number of benzene rings is 1. The highest BCUT2D eigenvalue weighted by molar-refractivity contribution is 5.97. The van der Waals surface area contributed by atoms with Crippen LogP contribution in [0, 0.1) is 6.92 Å². The first-order chi connectivity index (χ1) is 7.15. The van der Waals surface area contributed by atoms with Gasteiger partial charge in [0, 0.05) is 11.4 Å². The van der Waals surface area contributed by atoms with Crippen LogP contribution in [0.25, 0.3) is 10.9 Å². The monoisotopic (exact) mass is 202 g/mol. The lowest BCUT2D eigenvalue weighted by molar-refractivity contribution is 0.111.